The molecular formula is C11H19N5O2. The van der Waals surface area contributed by atoms with Gasteiger partial charge in [0.2, 0.25) is 0 Å². The molecule has 0 radical (unpaired) electrons. The van der Waals surface area contributed by atoms with Crippen molar-refractivity contribution in [1.82, 2.24) is 25.3 Å². The fraction of sp³-hybridized carbons (Fsp3) is 0.818. The van der Waals surface area contributed by atoms with Gasteiger partial charge in [-0.1, -0.05) is 0 Å². The van der Waals surface area contributed by atoms with E-state index in [1.54, 1.807) is 0 Å². The van der Waals surface area contributed by atoms with Gasteiger partial charge >= 0.3 is 12.1 Å². The molecule has 3 saturated heterocycles. The Morgan fingerprint density at radius 2 is 1.89 bits per heavy atom. The molecule has 3 aliphatic rings. The monoisotopic (exact) mass is 253 g/mol. The summed E-state index contributed by atoms with van der Waals surface area (Å²) in [5.41, 5.74) is 0. The minimum atomic E-state index is 0.00858. The van der Waals surface area contributed by atoms with Crippen molar-refractivity contribution in [3.05, 3.63) is 0 Å². The summed E-state index contributed by atoms with van der Waals surface area (Å²) < 4.78 is 0. The number of urea groups is 2. The van der Waals surface area contributed by atoms with Crippen LogP contribution in [0.3, 0.4) is 0 Å². The minimum absolute atomic E-state index is 0.00858. The van der Waals surface area contributed by atoms with Gasteiger partial charge in [0, 0.05) is 52.4 Å². The van der Waals surface area contributed by atoms with Crippen LogP contribution >= 0.6 is 0 Å². The lowest BCUT2D eigenvalue weighted by Crippen LogP contribution is -2.58. The van der Waals surface area contributed by atoms with Gasteiger partial charge in [0.15, 0.2) is 0 Å². The normalized spacial score (nSPS) is 28.1. The average Bonchev–Trinajstić information content (AvgIpc) is 2.80. The predicted molar refractivity (Wildman–Crippen MR) is 65.3 cm³/mol. The second kappa shape index (κ2) is 4.64. The molecule has 0 aromatic rings. The molecule has 1 unspecified atom stereocenters. The highest BCUT2D eigenvalue weighted by Gasteiger charge is 2.37. The molecule has 4 amide bonds. The number of amides is 4. The first-order chi connectivity index (χ1) is 8.75. The molecule has 0 saturated carbocycles. The standard InChI is InChI=1S/C11H19N5O2/c17-10-13-7-9-8-15(5-6-16(9)10)11(18)14-3-1-12-2-4-14/h9,12H,1-8H2,(H,13,17). The molecule has 100 valence electrons. The maximum Gasteiger partial charge on any atom is 0.320 e. The van der Waals surface area contributed by atoms with Crippen molar-refractivity contribution >= 4 is 12.1 Å². The van der Waals surface area contributed by atoms with Crippen LogP contribution in [0, 0.1) is 0 Å². The summed E-state index contributed by atoms with van der Waals surface area (Å²) >= 11 is 0. The Labute approximate surface area is 106 Å². The SMILES string of the molecule is O=C(N1CCNCC1)N1CCN2C(=O)NCC2C1. The summed E-state index contributed by atoms with van der Waals surface area (Å²) in [7, 11) is 0. The molecule has 0 aromatic carbocycles. The van der Waals surface area contributed by atoms with Crippen LogP contribution in [0.2, 0.25) is 0 Å². The van der Waals surface area contributed by atoms with Gasteiger partial charge in [-0.3, -0.25) is 0 Å². The van der Waals surface area contributed by atoms with Gasteiger partial charge in [-0.05, 0) is 0 Å². The molecule has 7 nitrogen and oxygen atoms in total. The van der Waals surface area contributed by atoms with Crippen LogP contribution in [0.5, 0.6) is 0 Å². The van der Waals surface area contributed by atoms with Gasteiger partial charge in [0.1, 0.15) is 0 Å². The molecule has 7 heteroatoms. The highest BCUT2D eigenvalue weighted by Crippen LogP contribution is 2.15. The summed E-state index contributed by atoms with van der Waals surface area (Å²) in [5, 5.41) is 6.07. The molecule has 3 rings (SSSR count). The lowest BCUT2D eigenvalue weighted by molar-refractivity contribution is 0.103. The second-order valence-electron chi connectivity index (χ2n) is 5.00. The van der Waals surface area contributed by atoms with Gasteiger partial charge in [0.05, 0.1) is 6.04 Å². The molecule has 18 heavy (non-hydrogen) atoms. The van der Waals surface area contributed by atoms with E-state index in [2.05, 4.69) is 10.6 Å². The first-order valence-corrected chi connectivity index (χ1v) is 6.55. The molecule has 3 aliphatic heterocycles. The van der Waals surface area contributed by atoms with Gasteiger partial charge in [-0.25, -0.2) is 9.59 Å². The largest absolute Gasteiger partial charge is 0.336 e. The van der Waals surface area contributed by atoms with E-state index in [1.807, 2.05) is 14.7 Å². The molecule has 0 spiro atoms. The Morgan fingerprint density at radius 1 is 1.11 bits per heavy atom. The van der Waals surface area contributed by atoms with Crippen LogP contribution in [-0.4, -0.2) is 85.2 Å². The number of nitrogens with zero attached hydrogens (tertiary/aromatic N) is 3. The van der Waals surface area contributed by atoms with Crippen LogP contribution < -0.4 is 10.6 Å². The summed E-state index contributed by atoms with van der Waals surface area (Å²) in [6, 6.07) is 0.280. The van der Waals surface area contributed by atoms with Crippen LogP contribution in [0.4, 0.5) is 9.59 Å². The highest BCUT2D eigenvalue weighted by molar-refractivity contribution is 5.79. The maximum absolute atomic E-state index is 12.3. The number of nitrogens with one attached hydrogen (secondary N) is 2. The van der Waals surface area contributed by atoms with Crippen LogP contribution in [0.15, 0.2) is 0 Å². The number of fused-ring (bicyclic) bond motifs is 1. The fourth-order valence-corrected chi connectivity index (χ4v) is 2.83. The molecular weight excluding hydrogens is 234 g/mol. The Morgan fingerprint density at radius 3 is 2.67 bits per heavy atom. The Kier molecular flexibility index (Phi) is 2.99. The van der Waals surface area contributed by atoms with Crippen LogP contribution in [-0.2, 0) is 0 Å². The van der Waals surface area contributed by atoms with E-state index in [1.165, 1.54) is 0 Å². The Bertz CT molecular complexity index is 355. The van der Waals surface area contributed by atoms with Gasteiger partial charge in [-0.15, -0.1) is 0 Å². The first-order valence-electron chi connectivity index (χ1n) is 6.55. The quantitative estimate of drug-likeness (QED) is 0.565. The van der Waals surface area contributed by atoms with Gasteiger partial charge in [-0.2, -0.15) is 0 Å². The average molecular weight is 253 g/mol. The zero-order valence-corrected chi connectivity index (χ0v) is 10.4. The highest BCUT2D eigenvalue weighted by atomic mass is 16.2. The van der Waals surface area contributed by atoms with Crippen molar-refractivity contribution in [1.29, 1.82) is 0 Å². The van der Waals surface area contributed by atoms with E-state index in [-0.39, 0.29) is 18.1 Å². The minimum Gasteiger partial charge on any atom is -0.336 e. The zero-order chi connectivity index (χ0) is 12.5. The van der Waals surface area contributed by atoms with Crippen LogP contribution in [0.25, 0.3) is 0 Å². The molecule has 0 aromatic heterocycles. The Balaban J connectivity index is 1.60. The summed E-state index contributed by atoms with van der Waals surface area (Å²) in [6.07, 6.45) is 0. The summed E-state index contributed by atoms with van der Waals surface area (Å²) in [4.78, 5) is 29.4. The van der Waals surface area contributed by atoms with Crippen molar-refractivity contribution in [3.8, 4) is 0 Å². The third-order valence-corrected chi connectivity index (χ3v) is 3.89. The third kappa shape index (κ3) is 1.98. The summed E-state index contributed by atoms with van der Waals surface area (Å²) in [5.74, 6) is 0. The van der Waals surface area contributed by atoms with Crippen LogP contribution in [0.1, 0.15) is 0 Å². The van der Waals surface area contributed by atoms with E-state index in [0.717, 1.165) is 26.2 Å². The molecule has 2 N–H and O–H groups in total. The number of piperazine rings is 2. The van der Waals surface area contributed by atoms with E-state index in [9.17, 15) is 9.59 Å². The second-order valence-corrected chi connectivity index (χ2v) is 5.00. The molecule has 1 atom stereocenters. The fourth-order valence-electron chi connectivity index (χ4n) is 2.83. The van der Waals surface area contributed by atoms with E-state index < -0.39 is 0 Å². The lowest BCUT2D eigenvalue weighted by Gasteiger charge is -2.39. The zero-order valence-electron chi connectivity index (χ0n) is 10.4. The van der Waals surface area contributed by atoms with Crippen molar-refractivity contribution < 1.29 is 9.59 Å². The number of carbonyl (C=O) groups excluding carboxylic acids is 2. The van der Waals surface area contributed by atoms with Crippen molar-refractivity contribution in [2.45, 2.75) is 6.04 Å². The van der Waals surface area contributed by atoms with E-state index in [4.69, 9.17) is 0 Å². The van der Waals surface area contributed by atoms with Crippen molar-refractivity contribution in [2.75, 3.05) is 52.4 Å². The predicted octanol–water partition coefficient (Wildman–Crippen LogP) is -1.28. The topological polar surface area (TPSA) is 67.9 Å². The number of rotatable bonds is 0. The van der Waals surface area contributed by atoms with E-state index >= 15 is 0 Å². The van der Waals surface area contributed by atoms with Crippen molar-refractivity contribution in [2.24, 2.45) is 0 Å². The van der Waals surface area contributed by atoms with Gasteiger partial charge < -0.3 is 25.3 Å². The lowest BCUT2D eigenvalue weighted by atomic mass is 10.2. The van der Waals surface area contributed by atoms with Crippen molar-refractivity contribution in [3.63, 3.8) is 0 Å². The molecule has 3 heterocycles. The number of hydrogen-bond donors (Lipinski definition) is 2. The molecule has 0 bridgehead atoms. The summed E-state index contributed by atoms with van der Waals surface area (Å²) in [6.45, 7) is 5.90. The smallest absolute Gasteiger partial charge is 0.320 e. The third-order valence-electron chi connectivity index (χ3n) is 3.89. The number of hydrogen-bond acceptors (Lipinski definition) is 3. The Hall–Kier alpha value is -1.50. The number of carbonyl (C=O) groups is 2. The first kappa shape index (κ1) is 11.6. The molecule has 0 aliphatic carbocycles. The molecule has 3 fully saturated rings. The van der Waals surface area contributed by atoms with Gasteiger partial charge in [0.25, 0.3) is 0 Å². The maximum atomic E-state index is 12.3. The van der Waals surface area contributed by atoms with E-state index in [0.29, 0.717) is 26.2 Å².